The molecule has 1 saturated heterocycles. The number of piperidine rings is 1. The Balaban J connectivity index is 0.00000144. The number of nitriles is 1. The Morgan fingerprint density at radius 3 is 2.08 bits per heavy atom. The van der Waals surface area contributed by atoms with Crippen LogP contribution in [0.25, 0.3) is 0 Å². The van der Waals surface area contributed by atoms with E-state index in [1.807, 2.05) is 0 Å². The van der Waals surface area contributed by atoms with Crippen molar-refractivity contribution in [1.29, 1.82) is 5.26 Å². The summed E-state index contributed by atoms with van der Waals surface area (Å²) in [5.41, 5.74) is -1.43. The Labute approximate surface area is 85.5 Å². The third-order valence-corrected chi connectivity index (χ3v) is 2.84. The minimum Gasteiger partial charge on any atom is -0.389 e. The van der Waals surface area contributed by atoms with Gasteiger partial charge in [-0.3, -0.25) is 0 Å². The zero-order valence-corrected chi connectivity index (χ0v) is 8.95. The van der Waals surface area contributed by atoms with Crippen LogP contribution in [0.2, 0.25) is 0 Å². The predicted molar refractivity (Wildman–Crippen MR) is 53.7 cm³/mol. The highest BCUT2D eigenvalue weighted by atomic mass is 35.5. The number of nitrogens with zero attached hydrogens (tertiary/aromatic N) is 1. The van der Waals surface area contributed by atoms with Gasteiger partial charge in [-0.2, -0.15) is 5.26 Å². The fourth-order valence-electron chi connectivity index (χ4n) is 1.71. The topological polar surface area (TPSA) is 56.0 Å². The standard InChI is InChI=1S/C9H16N2O.ClH/c1-8(2,12)9(7-10)3-5-11-6-4-9;/h11-12H,3-6H2,1-2H3;1H. The largest absolute Gasteiger partial charge is 0.389 e. The molecule has 0 radical (unpaired) electrons. The van der Waals surface area contributed by atoms with E-state index in [-0.39, 0.29) is 12.4 Å². The molecule has 1 heterocycles. The van der Waals surface area contributed by atoms with Crippen LogP contribution in [0.3, 0.4) is 0 Å². The van der Waals surface area contributed by atoms with Crippen LogP contribution in [0.1, 0.15) is 26.7 Å². The number of hydrogen-bond acceptors (Lipinski definition) is 3. The highest BCUT2D eigenvalue weighted by Crippen LogP contribution is 2.38. The van der Waals surface area contributed by atoms with Gasteiger partial charge in [-0.15, -0.1) is 12.4 Å². The van der Waals surface area contributed by atoms with Crippen molar-refractivity contribution >= 4 is 12.4 Å². The molecule has 0 spiro atoms. The molecule has 0 aromatic carbocycles. The first kappa shape index (κ1) is 12.7. The molecule has 1 aliphatic heterocycles. The summed E-state index contributed by atoms with van der Waals surface area (Å²) in [4.78, 5) is 0. The summed E-state index contributed by atoms with van der Waals surface area (Å²) in [5, 5.41) is 22.1. The lowest BCUT2D eigenvalue weighted by Crippen LogP contribution is -2.49. The summed E-state index contributed by atoms with van der Waals surface area (Å²) in [7, 11) is 0. The predicted octanol–water partition coefficient (Wildman–Crippen LogP) is 1.07. The van der Waals surface area contributed by atoms with Gasteiger partial charge in [-0.1, -0.05) is 0 Å². The summed E-state index contributed by atoms with van der Waals surface area (Å²) in [5.74, 6) is 0. The maximum absolute atomic E-state index is 9.84. The van der Waals surface area contributed by atoms with Gasteiger partial charge in [-0.25, -0.2) is 0 Å². The SMILES string of the molecule is CC(C)(O)C1(C#N)CCNCC1.Cl. The molecule has 0 aromatic heterocycles. The zero-order valence-electron chi connectivity index (χ0n) is 8.13. The van der Waals surface area contributed by atoms with Crippen molar-refractivity contribution in [2.45, 2.75) is 32.3 Å². The first-order valence-corrected chi connectivity index (χ1v) is 4.36. The molecule has 0 unspecified atom stereocenters. The molecule has 0 aromatic rings. The second-order valence-electron chi connectivity index (χ2n) is 4.00. The van der Waals surface area contributed by atoms with Crippen molar-refractivity contribution in [3.8, 4) is 6.07 Å². The fraction of sp³-hybridized carbons (Fsp3) is 0.889. The van der Waals surface area contributed by atoms with Crippen LogP contribution in [0.15, 0.2) is 0 Å². The Morgan fingerprint density at radius 2 is 1.85 bits per heavy atom. The summed E-state index contributed by atoms with van der Waals surface area (Å²) >= 11 is 0. The molecule has 1 aliphatic rings. The molecule has 0 bridgehead atoms. The van der Waals surface area contributed by atoms with Crippen molar-refractivity contribution in [2.24, 2.45) is 5.41 Å². The Hall–Kier alpha value is -0.300. The van der Waals surface area contributed by atoms with Gasteiger partial charge in [0.1, 0.15) is 0 Å². The van der Waals surface area contributed by atoms with Gasteiger partial charge in [0.2, 0.25) is 0 Å². The van der Waals surface area contributed by atoms with Crippen molar-refractivity contribution in [2.75, 3.05) is 13.1 Å². The van der Waals surface area contributed by atoms with Crippen LogP contribution in [-0.4, -0.2) is 23.8 Å². The maximum Gasteiger partial charge on any atom is 0.0878 e. The van der Waals surface area contributed by atoms with Crippen molar-refractivity contribution in [3.63, 3.8) is 0 Å². The normalized spacial score (nSPS) is 21.4. The minimum atomic E-state index is -0.885. The molecule has 2 N–H and O–H groups in total. The molecule has 0 amide bonds. The van der Waals surface area contributed by atoms with E-state index in [0.29, 0.717) is 0 Å². The highest BCUT2D eigenvalue weighted by molar-refractivity contribution is 5.85. The molecule has 76 valence electrons. The summed E-state index contributed by atoms with van der Waals surface area (Å²) in [6, 6.07) is 2.27. The van der Waals surface area contributed by atoms with E-state index in [1.165, 1.54) is 0 Å². The number of halogens is 1. The molecule has 0 aliphatic carbocycles. The van der Waals surface area contributed by atoms with Gasteiger partial charge in [-0.05, 0) is 39.8 Å². The van der Waals surface area contributed by atoms with Crippen LogP contribution in [0, 0.1) is 16.7 Å². The van der Waals surface area contributed by atoms with Gasteiger partial charge in [0, 0.05) is 0 Å². The third-order valence-electron chi connectivity index (χ3n) is 2.84. The molecular weight excluding hydrogens is 188 g/mol. The van der Waals surface area contributed by atoms with Crippen molar-refractivity contribution < 1.29 is 5.11 Å². The van der Waals surface area contributed by atoms with Gasteiger partial charge in [0.05, 0.1) is 17.1 Å². The first-order valence-electron chi connectivity index (χ1n) is 4.36. The molecule has 4 heteroatoms. The Morgan fingerprint density at radius 1 is 1.38 bits per heavy atom. The second kappa shape index (κ2) is 4.28. The number of aliphatic hydroxyl groups is 1. The first-order chi connectivity index (χ1) is 5.52. The van der Waals surface area contributed by atoms with Gasteiger partial charge in [0.25, 0.3) is 0 Å². The van der Waals surface area contributed by atoms with E-state index in [1.54, 1.807) is 13.8 Å². The van der Waals surface area contributed by atoms with Crippen LogP contribution < -0.4 is 5.32 Å². The van der Waals surface area contributed by atoms with Crippen LogP contribution in [0.4, 0.5) is 0 Å². The minimum absolute atomic E-state index is 0. The lowest BCUT2D eigenvalue weighted by molar-refractivity contribution is -0.0382. The third kappa shape index (κ3) is 2.34. The van der Waals surface area contributed by atoms with Crippen molar-refractivity contribution in [1.82, 2.24) is 5.32 Å². The Bertz CT molecular complexity index is 199. The number of nitrogens with one attached hydrogen (secondary N) is 1. The Kier molecular flexibility index (Phi) is 4.18. The average Bonchev–Trinajstić information content (AvgIpc) is 2.04. The lowest BCUT2D eigenvalue weighted by Gasteiger charge is -2.40. The average molecular weight is 205 g/mol. The summed E-state index contributed by atoms with van der Waals surface area (Å²) < 4.78 is 0. The number of hydrogen-bond donors (Lipinski definition) is 2. The van der Waals surface area contributed by atoms with Crippen molar-refractivity contribution in [3.05, 3.63) is 0 Å². The molecule has 1 rings (SSSR count). The molecule has 0 atom stereocenters. The van der Waals surface area contributed by atoms with Crippen LogP contribution >= 0.6 is 12.4 Å². The van der Waals surface area contributed by atoms with Gasteiger partial charge < -0.3 is 10.4 Å². The smallest absolute Gasteiger partial charge is 0.0878 e. The van der Waals surface area contributed by atoms with E-state index in [4.69, 9.17) is 5.26 Å². The quantitative estimate of drug-likeness (QED) is 0.672. The second-order valence-corrected chi connectivity index (χ2v) is 4.00. The van der Waals surface area contributed by atoms with Crippen LogP contribution in [-0.2, 0) is 0 Å². The molecular formula is C9H17ClN2O. The van der Waals surface area contributed by atoms with E-state index >= 15 is 0 Å². The summed E-state index contributed by atoms with van der Waals surface area (Å²) in [6.07, 6.45) is 1.49. The van der Waals surface area contributed by atoms with Crippen LogP contribution in [0.5, 0.6) is 0 Å². The van der Waals surface area contributed by atoms with Gasteiger partial charge >= 0.3 is 0 Å². The fourth-order valence-corrected chi connectivity index (χ4v) is 1.71. The van der Waals surface area contributed by atoms with E-state index < -0.39 is 11.0 Å². The highest BCUT2D eigenvalue weighted by Gasteiger charge is 2.44. The lowest BCUT2D eigenvalue weighted by atomic mass is 9.69. The van der Waals surface area contributed by atoms with E-state index in [0.717, 1.165) is 25.9 Å². The summed E-state index contributed by atoms with van der Waals surface area (Å²) in [6.45, 7) is 5.11. The molecule has 13 heavy (non-hydrogen) atoms. The molecule has 0 saturated carbocycles. The monoisotopic (exact) mass is 204 g/mol. The van der Waals surface area contributed by atoms with Gasteiger partial charge in [0.15, 0.2) is 0 Å². The molecule has 3 nitrogen and oxygen atoms in total. The maximum atomic E-state index is 9.84. The van der Waals surface area contributed by atoms with E-state index in [2.05, 4.69) is 11.4 Å². The number of rotatable bonds is 1. The van der Waals surface area contributed by atoms with E-state index in [9.17, 15) is 5.11 Å². The zero-order chi connectivity index (χ0) is 9.24. The molecule has 1 fully saturated rings.